The first-order valence-corrected chi connectivity index (χ1v) is 6.60. The smallest absolute Gasteiger partial charge is 0.257 e. The molecule has 1 amide bonds. The second-order valence-corrected chi connectivity index (χ2v) is 5.06. The molecule has 1 heterocycles. The third-order valence-electron chi connectivity index (χ3n) is 2.63. The largest absolute Gasteiger partial charge is 0.508 e. The Hall–Kier alpha value is -1.92. The fraction of sp³-hybridized carbons (Fsp3) is 0.231. The van der Waals surface area contributed by atoms with Crippen LogP contribution in [0.1, 0.15) is 34.6 Å². The summed E-state index contributed by atoms with van der Waals surface area (Å²) in [5.74, 6) is -0.163. The van der Waals surface area contributed by atoms with E-state index in [4.69, 9.17) is 0 Å². The summed E-state index contributed by atoms with van der Waals surface area (Å²) in [6.45, 7) is 3.36. The number of carbonyl (C=O) groups is 1. The number of phenolic OH excluding ortho intramolecular Hbond substituents is 1. The molecule has 6 heteroatoms. The molecule has 2 aromatic rings. The normalized spacial score (nSPS) is 12.2. The van der Waals surface area contributed by atoms with E-state index >= 15 is 0 Å². The summed E-state index contributed by atoms with van der Waals surface area (Å²) in [6, 6.07) is 4.55. The molecule has 0 saturated carbocycles. The number of thiazole rings is 1. The van der Waals surface area contributed by atoms with Gasteiger partial charge in [-0.2, -0.15) is 0 Å². The van der Waals surface area contributed by atoms with Crippen LogP contribution >= 0.6 is 11.3 Å². The van der Waals surface area contributed by atoms with E-state index in [2.05, 4.69) is 10.3 Å². The van der Waals surface area contributed by atoms with Gasteiger partial charge in [-0.1, -0.05) is 0 Å². The maximum atomic E-state index is 12.0. The molecule has 0 aliphatic heterocycles. The van der Waals surface area contributed by atoms with Crippen molar-refractivity contribution in [2.75, 3.05) is 5.32 Å². The first-order chi connectivity index (χ1) is 8.97. The van der Waals surface area contributed by atoms with Crippen molar-refractivity contribution in [3.05, 3.63) is 40.4 Å². The molecular weight excluding hydrogens is 264 g/mol. The van der Waals surface area contributed by atoms with Gasteiger partial charge in [0.15, 0.2) is 5.13 Å². The zero-order valence-corrected chi connectivity index (χ0v) is 11.4. The number of nitrogens with zero attached hydrogens (tertiary/aromatic N) is 1. The van der Waals surface area contributed by atoms with Crippen molar-refractivity contribution in [2.24, 2.45) is 0 Å². The molecule has 0 aliphatic rings. The third-order valence-corrected chi connectivity index (χ3v) is 3.40. The van der Waals surface area contributed by atoms with Gasteiger partial charge in [0.25, 0.3) is 5.91 Å². The van der Waals surface area contributed by atoms with Crippen molar-refractivity contribution in [3.8, 4) is 5.75 Å². The minimum absolute atomic E-state index is 0.125. The molecule has 1 atom stereocenters. The number of hydrogen-bond acceptors (Lipinski definition) is 5. The van der Waals surface area contributed by atoms with Gasteiger partial charge in [0.2, 0.25) is 0 Å². The van der Waals surface area contributed by atoms with Gasteiger partial charge in [-0.15, -0.1) is 11.3 Å². The molecule has 19 heavy (non-hydrogen) atoms. The Morgan fingerprint density at radius 1 is 1.47 bits per heavy atom. The Bertz CT molecular complexity index is 608. The second-order valence-electron chi connectivity index (χ2n) is 4.21. The van der Waals surface area contributed by atoms with Crippen LogP contribution in [0.15, 0.2) is 23.6 Å². The number of aromatic nitrogens is 1. The van der Waals surface area contributed by atoms with Crippen LogP contribution in [0.4, 0.5) is 5.13 Å². The lowest BCUT2D eigenvalue weighted by molar-refractivity contribution is 0.102. The van der Waals surface area contributed by atoms with Crippen LogP contribution in [0.3, 0.4) is 0 Å². The quantitative estimate of drug-likeness (QED) is 0.805. The van der Waals surface area contributed by atoms with E-state index in [-0.39, 0.29) is 11.7 Å². The van der Waals surface area contributed by atoms with Crippen LogP contribution in [0, 0.1) is 6.92 Å². The van der Waals surface area contributed by atoms with E-state index in [0.29, 0.717) is 22.0 Å². The molecule has 0 bridgehead atoms. The number of rotatable bonds is 3. The number of aliphatic hydroxyl groups is 1. The summed E-state index contributed by atoms with van der Waals surface area (Å²) in [6.07, 6.45) is -0.655. The highest BCUT2D eigenvalue weighted by molar-refractivity contribution is 7.14. The highest BCUT2D eigenvalue weighted by Crippen LogP contribution is 2.22. The van der Waals surface area contributed by atoms with Crippen molar-refractivity contribution in [2.45, 2.75) is 20.0 Å². The van der Waals surface area contributed by atoms with Crippen LogP contribution in [0.2, 0.25) is 0 Å². The van der Waals surface area contributed by atoms with E-state index in [9.17, 15) is 15.0 Å². The van der Waals surface area contributed by atoms with Crippen LogP contribution in [-0.4, -0.2) is 21.1 Å². The molecule has 100 valence electrons. The number of amides is 1. The highest BCUT2D eigenvalue weighted by Gasteiger charge is 2.13. The lowest BCUT2D eigenvalue weighted by Crippen LogP contribution is -2.13. The summed E-state index contributed by atoms with van der Waals surface area (Å²) in [4.78, 5) is 16.1. The molecule has 0 aliphatic carbocycles. The minimum atomic E-state index is -0.655. The fourth-order valence-electron chi connectivity index (χ4n) is 1.60. The highest BCUT2D eigenvalue weighted by atomic mass is 32.1. The molecule has 5 nitrogen and oxygen atoms in total. The number of aromatic hydroxyl groups is 1. The predicted molar refractivity (Wildman–Crippen MR) is 73.5 cm³/mol. The Morgan fingerprint density at radius 3 is 2.79 bits per heavy atom. The molecule has 0 fully saturated rings. The van der Waals surface area contributed by atoms with Crippen LogP contribution in [0.25, 0.3) is 0 Å². The van der Waals surface area contributed by atoms with E-state index < -0.39 is 6.10 Å². The van der Waals surface area contributed by atoms with Gasteiger partial charge < -0.3 is 10.2 Å². The lowest BCUT2D eigenvalue weighted by atomic mass is 10.1. The molecule has 3 N–H and O–H groups in total. The Labute approximate surface area is 114 Å². The van der Waals surface area contributed by atoms with Gasteiger partial charge >= 0.3 is 0 Å². The number of nitrogens with one attached hydrogen (secondary N) is 1. The second kappa shape index (κ2) is 5.38. The number of aryl methyl sites for hydroxylation is 1. The van der Waals surface area contributed by atoms with Crippen LogP contribution in [0.5, 0.6) is 5.75 Å². The number of carbonyl (C=O) groups excluding carboxylic acids is 1. The van der Waals surface area contributed by atoms with Gasteiger partial charge in [0, 0.05) is 10.9 Å². The summed E-state index contributed by atoms with van der Waals surface area (Å²) in [7, 11) is 0. The predicted octanol–water partition coefficient (Wildman–Crippen LogP) is 2.46. The molecule has 0 spiro atoms. The summed E-state index contributed by atoms with van der Waals surface area (Å²) in [5.41, 5.74) is 1.69. The van der Waals surface area contributed by atoms with Crippen LogP contribution < -0.4 is 5.32 Å². The topological polar surface area (TPSA) is 82.5 Å². The first kappa shape index (κ1) is 13.5. The fourth-order valence-corrected chi connectivity index (χ4v) is 2.39. The van der Waals surface area contributed by atoms with Gasteiger partial charge in [-0.3, -0.25) is 10.1 Å². The summed E-state index contributed by atoms with van der Waals surface area (Å²) in [5, 5.41) is 23.5. The lowest BCUT2D eigenvalue weighted by Gasteiger charge is -2.05. The number of anilines is 1. The van der Waals surface area contributed by atoms with Crippen molar-refractivity contribution in [3.63, 3.8) is 0 Å². The first-order valence-electron chi connectivity index (χ1n) is 5.72. The molecule has 1 aromatic carbocycles. The van der Waals surface area contributed by atoms with Crippen molar-refractivity contribution < 1.29 is 15.0 Å². The third kappa shape index (κ3) is 3.10. The van der Waals surface area contributed by atoms with Crippen molar-refractivity contribution >= 4 is 22.4 Å². The molecular formula is C13H14N2O3S. The molecule has 0 saturated heterocycles. The molecule has 0 radical (unpaired) electrons. The number of benzene rings is 1. The number of phenols is 1. The average molecular weight is 278 g/mol. The van der Waals surface area contributed by atoms with Crippen molar-refractivity contribution in [1.29, 1.82) is 0 Å². The molecule has 1 aromatic heterocycles. The van der Waals surface area contributed by atoms with E-state index in [1.54, 1.807) is 25.3 Å². The summed E-state index contributed by atoms with van der Waals surface area (Å²) >= 11 is 1.26. The number of aliphatic hydroxyl groups excluding tert-OH is 1. The standard InChI is InChI=1S/C13H14N2O3S/c1-7-5-9(17)3-4-10(7)12(18)15-13-14-11(6-19-13)8(2)16/h3-6,8,16-17H,1-2H3,(H,14,15,18). The van der Waals surface area contributed by atoms with Gasteiger partial charge in [-0.05, 0) is 37.6 Å². The maximum absolute atomic E-state index is 12.0. The van der Waals surface area contributed by atoms with Crippen molar-refractivity contribution in [1.82, 2.24) is 4.98 Å². The summed E-state index contributed by atoms with van der Waals surface area (Å²) < 4.78 is 0. The average Bonchev–Trinajstić information content (AvgIpc) is 2.77. The SMILES string of the molecule is Cc1cc(O)ccc1C(=O)Nc1nc(C(C)O)cs1. The van der Waals surface area contributed by atoms with E-state index in [1.807, 2.05) is 0 Å². The van der Waals surface area contributed by atoms with Crippen LogP contribution in [-0.2, 0) is 0 Å². The maximum Gasteiger partial charge on any atom is 0.257 e. The Balaban J connectivity index is 2.16. The zero-order valence-electron chi connectivity index (χ0n) is 10.5. The zero-order chi connectivity index (χ0) is 14.0. The van der Waals surface area contributed by atoms with Gasteiger partial charge in [0.05, 0.1) is 11.8 Å². The molecule has 1 unspecified atom stereocenters. The minimum Gasteiger partial charge on any atom is -0.508 e. The number of hydrogen-bond donors (Lipinski definition) is 3. The Kier molecular flexibility index (Phi) is 3.82. The van der Waals surface area contributed by atoms with Gasteiger partial charge in [0.1, 0.15) is 5.75 Å². The molecule has 2 rings (SSSR count). The van der Waals surface area contributed by atoms with Gasteiger partial charge in [-0.25, -0.2) is 4.98 Å². The van der Waals surface area contributed by atoms with E-state index in [1.165, 1.54) is 23.5 Å². The Morgan fingerprint density at radius 2 is 2.21 bits per heavy atom. The van der Waals surface area contributed by atoms with E-state index in [0.717, 1.165) is 0 Å². The monoisotopic (exact) mass is 278 g/mol.